The third-order valence-electron chi connectivity index (χ3n) is 4.99. The van der Waals surface area contributed by atoms with Gasteiger partial charge in [-0.15, -0.1) is 0 Å². The highest BCUT2D eigenvalue weighted by atomic mass is 35.5. The van der Waals surface area contributed by atoms with Crippen molar-refractivity contribution in [3.05, 3.63) is 63.2 Å². The highest BCUT2D eigenvalue weighted by molar-refractivity contribution is 7.22. The molecule has 2 heterocycles. The molecule has 1 aliphatic heterocycles. The van der Waals surface area contributed by atoms with Gasteiger partial charge in [0.05, 0.1) is 21.7 Å². The van der Waals surface area contributed by atoms with Gasteiger partial charge in [0, 0.05) is 37.3 Å². The Hall–Kier alpha value is -3.24. The first kappa shape index (κ1) is 21.0. The van der Waals surface area contributed by atoms with Gasteiger partial charge in [0.2, 0.25) is 5.91 Å². The largest absolute Gasteiger partial charge is 0.345 e. The van der Waals surface area contributed by atoms with Crippen LogP contribution in [0, 0.1) is 10.1 Å². The van der Waals surface area contributed by atoms with E-state index in [-0.39, 0.29) is 23.0 Å². The van der Waals surface area contributed by atoms with E-state index in [2.05, 4.69) is 15.2 Å². The summed E-state index contributed by atoms with van der Waals surface area (Å²) in [6, 6.07) is 11.7. The molecule has 3 aromatic rings. The van der Waals surface area contributed by atoms with Gasteiger partial charge in [0.15, 0.2) is 5.13 Å². The summed E-state index contributed by atoms with van der Waals surface area (Å²) in [7, 11) is 0. The first-order valence-electron chi connectivity index (χ1n) is 9.53. The number of hydrogen-bond donors (Lipinski definition) is 1. The molecule has 0 bridgehead atoms. The van der Waals surface area contributed by atoms with Crippen molar-refractivity contribution in [1.29, 1.82) is 0 Å². The first-order valence-corrected chi connectivity index (χ1v) is 10.7. The summed E-state index contributed by atoms with van der Waals surface area (Å²) >= 11 is 7.39. The summed E-state index contributed by atoms with van der Waals surface area (Å²) in [5.74, 6) is -0.932. The fourth-order valence-electron chi connectivity index (χ4n) is 3.35. The van der Waals surface area contributed by atoms with Crippen LogP contribution in [0.25, 0.3) is 10.2 Å². The molecule has 9 nitrogen and oxygen atoms in total. The van der Waals surface area contributed by atoms with Gasteiger partial charge in [-0.1, -0.05) is 35.1 Å². The van der Waals surface area contributed by atoms with Crippen LogP contribution in [0.1, 0.15) is 10.4 Å². The van der Waals surface area contributed by atoms with E-state index < -0.39 is 16.5 Å². The van der Waals surface area contributed by atoms with E-state index >= 15 is 0 Å². The molecule has 0 atom stereocenters. The predicted octanol–water partition coefficient (Wildman–Crippen LogP) is 2.94. The number of hydrogen-bond acceptors (Lipinski definition) is 7. The predicted molar refractivity (Wildman–Crippen MR) is 119 cm³/mol. The molecule has 1 saturated heterocycles. The van der Waals surface area contributed by atoms with Gasteiger partial charge in [0.25, 0.3) is 11.6 Å². The number of halogens is 1. The molecule has 1 N–H and O–H groups in total. The summed E-state index contributed by atoms with van der Waals surface area (Å²) in [5.41, 5.74) is 0.421. The van der Waals surface area contributed by atoms with Gasteiger partial charge < -0.3 is 15.1 Å². The van der Waals surface area contributed by atoms with Crippen molar-refractivity contribution in [2.45, 2.75) is 0 Å². The average molecular weight is 460 g/mol. The number of amides is 2. The van der Waals surface area contributed by atoms with Gasteiger partial charge in [-0.2, -0.15) is 0 Å². The van der Waals surface area contributed by atoms with E-state index in [0.29, 0.717) is 26.2 Å². The molecule has 4 rings (SSSR count). The minimum Gasteiger partial charge on any atom is -0.345 e. The van der Waals surface area contributed by atoms with E-state index in [0.717, 1.165) is 21.4 Å². The smallest absolute Gasteiger partial charge is 0.283 e. The molecule has 0 saturated carbocycles. The Balaban J connectivity index is 1.32. The number of carbonyl (C=O) groups excluding carboxylic acids is 2. The van der Waals surface area contributed by atoms with Gasteiger partial charge in [-0.3, -0.25) is 19.7 Å². The Morgan fingerprint density at radius 2 is 1.90 bits per heavy atom. The molecule has 11 heteroatoms. The number of benzene rings is 2. The van der Waals surface area contributed by atoms with Crippen molar-refractivity contribution in [2.75, 3.05) is 37.6 Å². The number of nitrogens with zero attached hydrogens (tertiary/aromatic N) is 4. The van der Waals surface area contributed by atoms with E-state index in [9.17, 15) is 19.7 Å². The van der Waals surface area contributed by atoms with Crippen molar-refractivity contribution in [2.24, 2.45) is 0 Å². The van der Waals surface area contributed by atoms with Crippen molar-refractivity contribution < 1.29 is 14.5 Å². The Morgan fingerprint density at radius 1 is 1.16 bits per heavy atom. The van der Waals surface area contributed by atoms with Crippen LogP contribution in [0.5, 0.6) is 0 Å². The molecule has 0 spiro atoms. The van der Waals surface area contributed by atoms with Crippen molar-refractivity contribution in [3.8, 4) is 0 Å². The fourth-order valence-corrected chi connectivity index (χ4v) is 4.54. The normalized spacial score (nSPS) is 14.0. The maximum absolute atomic E-state index is 12.5. The van der Waals surface area contributed by atoms with Crippen LogP contribution in [0.15, 0.2) is 42.5 Å². The third kappa shape index (κ3) is 4.59. The third-order valence-corrected chi connectivity index (χ3v) is 6.32. The number of rotatable bonds is 5. The summed E-state index contributed by atoms with van der Waals surface area (Å²) < 4.78 is 1.12. The Morgan fingerprint density at radius 3 is 2.61 bits per heavy atom. The molecule has 160 valence electrons. The Labute approximate surface area is 186 Å². The first-order chi connectivity index (χ1) is 14.9. The lowest BCUT2D eigenvalue weighted by atomic mass is 10.1. The van der Waals surface area contributed by atoms with Crippen LogP contribution in [0.2, 0.25) is 5.02 Å². The number of nitro groups is 1. The van der Waals surface area contributed by atoms with E-state index in [1.807, 2.05) is 24.3 Å². The molecule has 1 fully saturated rings. The van der Waals surface area contributed by atoms with E-state index in [4.69, 9.17) is 11.6 Å². The summed E-state index contributed by atoms with van der Waals surface area (Å²) in [4.78, 5) is 43.8. The SMILES string of the molecule is O=C(NCC(=O)N1CCN(c2nc3ccccc3s2)CC1)c1ccc(Cl)cc1[N+](=O)[O-]. The second kappa shape index (κ2) is 8.86. The molecule has 31 heavy (non-hydrogen) atoms. The lowest BCUT2D eigenvalue weighted by molar-refractivity contribution is -0.385. The summed E-state index contributed by atoms with van der Waals surface area (Å²) in [6.07, 6.45) is 0. The van der Waals surface area contributed by atoms with Gasteiger partial charge >= 0.3 is 0 Å². The molecule has 0 aliphatic carbocycles. The van der Waals surface area contributed by atoms with Crippen molar-refractivity contribution in [1.82, 2.24) is 15.2 Å². The zero-order valence-corrected chi connectivity index (χ0v) is 17.9. The summed E-state index contributed by atoms with van der Waals surface area (Å²) in [6.45, 7) is 2.06. The fraction of sp³-hybridized carbons (Fsp3) is 0.250. The maximum atomic E-state index is 12.5. The number of nitro benzene ring substituents is 1. The van der Waals surface area contributed by atoms with Crippen LogP contribution in [0.4, 0.5) is 10.8 Å². The van der Waals surface area contributed by atoms with Crippen LogP contribution >= 0.6 is 22.9 Å². The monoisotopic (exact) mass is 459 g/mol. The quantitative estimate of drug-likeness (QED) is 0.464. The number of fused-ring (bicyclic) bond motifs is 1. The number of nitrogens with one attached hydrogen (secondary N) is 1. The highest BCUT2D eigenvalue weighted by Gasteiger charge is 2.25. The van der Waals surface area contributed by atoms with Crippen LogP contribution in [-0.2, 0) is 4.79 Å². The van der Waals surface area contributed by atoms with Crippen LogP contribution in [-0.4, -0.2) is 59.3 Å². The minimum atomic E-state index is -0.690. The summed E-state index contributed by atoms with van der Waals surface area (Å²) in [5, 5.41) is 14.7. The zero-order chi connectivity index (χ0) is 22.0. The Kier molecular flexibility index (Phi) is 6.01. The second-order valence-corrected chi connectivity index (χ2v) is 8.38. The zero-order valence-electron chi connectivity index (χ0n) is 16.3. The lowest BCUT2D eigenvalue weighted by Gasteiger charge is -2.34. The highest BCUT2D eigenvalue weighted by Crippen LogP contribution is 2.29. The molecule has 2 aromatic carbocycles. The molecular weight excluding hydrogens is 442 g/mol. The number of piperazine rings is 1. The molecule has 1 aromatic heterocycles. The number of para-hydroxylation sites is 1. The van der Waals surface area contributed by atoms with Gasteiger partial charge in [-0.05, 0) is 24.3 Å². The average Bonchev–Trinajstić information content (AvgIpc) is 3.21. The Bertz CT molecular complexity index is 1130. The second-order valence-electron chi connectivity index (χ2n) is 6.93. The molecule has 0 radical (unpaired) electrons. The van der Waals surface area contributed by atoms with Crippen molar-refractivity contribution >= 4 is 55.8 Å². The molecular formula is C20H18ClN5O4S. The maximum Gasteiger partial charge on any atom is 0.283 e. The van der Waals surface area contributed by atoms with E-state index in [1.165, 1.54) is 12.1 Å². The van der Waals surface area contributed by atoms with Gasteiger partial charge in [-0.25, -0.2) is 4.98 Å². The number of thiazole rings is 1. The van der Waals surface area contributed by atoms with Crippen LogP contribution in [0.3, 0.4) is 0 Å². The van der Waals surface area contributed by atoms with Gasteiger partial charge in [0.1, 0.15) is 5.56 Å². The number of carbonyl (C=O) groups is 2. The number of anilines is 1. The minimum absolute atomic E-state index is 0.136. The standard InChI is InChI=1S/C20H18ClN5O4S/c21-13-5-6-14(16(11-13)26(29)30)19(28)22-12-18(27)24-7-9-25(10-8-24)20-23-15-3-1-2-4-17(15)31-20/h1-6,11H,7-10,12H2,(H,22,28). The topological polar surface area (TPSA) is 109 Å². The van der Waals surface area contributed by atoms with Crippen molar-refractivity contribution in [3.63, 3.8) is 0 Å². The molecule has 1 aliphatic rings. The molecule has 2 amide bonds. The van der Waals surface area contributed by atoms with E-state index in [1.54, 1.807) is 16.2 Å². The molecule has 0 unspecified atom stereocenters. The lowest BCUT2D eigenvalue weighted by Crippen LogP contribution is -2.51. The number of aromatic nitrogens is 1. The van der Waals surface area contributed by atoms with Crippen LogP contribution < -0.4 is 10.2 Å².